The first kappa shape index (κ1) is 18.0. The van der Waals surface area contributed by atoms with Gasteiger partial charge in [0.25, 0.3) is 0 Å². The molecule has 25 heavy (non-hydrogen) atoms. The zero-order valence-electron chi connectivity index (χ0n) is 14.6. The molecule has 1 saturated heterocycles. The van der Waals surface area contributed by atoms with Crippen LogP contribution in [0.5, 0.6) is 0 Å². The van der Waals surface area contributed by atoms with E-state index in [0.717, 1.165) is 25.9 Å². The van der Waals surface area contributed by atoms with Gasteiger partial charge in [0.05, 0.1) is 11.4 Å². The standard InChI is InChI=1S/C17H24N4O3S/c1-13(2)17-18-16(19-24-17)12-21-10-8-14(9-11-21)20-25(22,23)15-6-4-3-5-7-15/h3-7,13-14,20H,8-12H2,1-2H3. The molecular weight excluding hydrogens is 340 g/mol. The summed E-state index contributed by atoms with van der Waals surface area (Å²) < 4.78 is 32.8. The van der Waals surface area contributed by atoms with Crippen LogP contribution in [-0.2, 0) is 16.6 Å². The Balaban J connectivity index is 1.51. The van der Waals surface area contributed by atoms with Gasteiger partial charge in [-0.3, -0.25) is 4.90 Å². The van der Waals surface area contributed by atoms with E-state index in [9.17, 15) is 8.42 Å². The molecule has 2 aromatic rings. The molecule has 1 aromatic carbocycles. The molecule has 2 heterocycles. The molecule has 0 saturated carbocycles. The first-order chi connectivity index (χ1) is 11.9. The molecule has 1 fully saturated rings. The summed E-state index contributed by atoms with van der Waals surface area (Å²) in [4.78, 5) is 6.93. The molecule has 0 spiro atoms. The van der Waals surface area contributed by atoms with E-state index >= 15 is 0 Å². The summed E-state index contributed by atoms with van der Waals surface area (Å²) in [6, 6.07) is 8.44. The predicted octanol–water partition coefficient (Wildman–Crippen LogP) is 2.14. The largest absolute Gasteiger partial charge is 0.339 e. The predicted molar refractivity (Wildman–Crippen MR) is 93.4 cm³/mol. The lowest BCUT2D eigenvalue weighted by molar-refractivity contribution is 0.193. The zero-order valence-corrected chi connectivity index (χ0v) is 15.4. The Hall–Kier alpha value is -1.77. The number of benzene rings is 1. The number of aromatic nitrogens is 2. The van der Waals surface area contributed by atoms with Gasteiger partial charge in [0.15, 0.2) is 5.82 Å². The van der Waals surface area contributed by atoms with Gasteiger partial charge in [-0.2, -0.15) is 4.98 Å². The highest BCUT2D eigenvalue weighted by atomic mass is 32.2. The van der Waals surface area contributed by atoms with Crippen LogP contribution in [0.2, 0.25) is 0 Å². The summed E-state index contributed by atoms with van der Waals surface area (Å²) in [7, 11) is -3.45. The Labute approximate surface area is 148 Å². The second-order valence-electron chi connectivity index (χ2n) is 6.69. The van der Waals surface area contributed by atoms with Gasteiger partial charge in [0.1, 0.15) is 0 Å². The van der Waals surface area contributed by atoms with Crippen molar-refractivity contribution in [3.05, 3.63) is 42.0 Å². The molecule has 0 radical (unpaired) electrons. The van der Waals surface area contributed by atoms with Crippen LogP contribution < -0.4 is 4.72 Å². The van der Waals surface area contributed by atoms with E-state index in [1.165, 1.54) is 0 Å². The molecule has 0 atom stereocenters. The molecule has 1 aromatic heterocycles. The van der Waals surface area contributed by atoms with Gasteiger partial charge in [-0.15, -0.1) is 0 Å². The monoisotopic (exact) mass is 364 g/mol. The van der Waals surface area contributed by atoms with Crippen LogP contribution >= 0.6 is 0 Å². The number of hydrogen-bond acceptors (Lipinski definition) is 6. The third-order valence-corrected chi connectivity index (χ3v) is 5.84. The summed E-state index contributed by atoms with van der Waals surface area (Å²) in [5.41, 5.74) is 0. The van der Waals surface area contributed by atoms with Gasteiger partial charge >= 0.3 is 0 Å². The molecule has 0 amide bonds. The van der Waals surface area contributed by atoms with Crippen molar-refractivity contribution in [2.75, 3.05) is 13.1 Å². The number of likely N-dealkylation sites (tertiary alicyclic amines) is 1. The van der Waals surface area contributed by atoms with Crippen LogP contribution in [0.4, 0.5) is 0 Å². The summed E-state index contributed by atoms with van der Waals surface area (Å²) in [5.74, 6) is 1.56. The Morgan fingerprint density at radius 1 is 1.24 bits per heavy atom. The molecule has 1 aliphatic heterocycles. The molecule has 7 nitrogen and oxygen atoms in total. The van der Waals surface area contributed by atoms with Crippen molar-refractivity contribution >= 4 is 10.0 Å². The van der Waals surface area contributed by atoms with E-state index in [1.807, 2.05) is 13.8 Å². The average molecular weight is 364 g/mol. The number of piperidine rings is 1. The van der Waals surface area contributed by atoms with Crippen LogP contribution in [0.25, 0.3) is 0 Å². The van der Waals surface area contributed by atoms with Crippen molar-refractivity contribution in [3.8, 4) is 0 Å². The minimum Gasteiger partial charge on any atom is -0.339 e. The highest BCUT2D eigenvalue weighted by molar-refractivity contribution is 7.89. The summed E-state index contributed by atoms with van der Waals surface area (Å²) >= 11 is 0. The van der Waals surface area contributed by atoms with Crippen LogP contribution in [0, 0.1) is 0 Å². The maximum Gasteiger partial charge on any atom is 0.240 e. The van der Waals surface area contributed by atoms with Crippen LogP contribution in [0.3, 0.4) is 0 Å². The van der Waals surface area contributed by atoms with E-state index in [0.29, 0.717) is 23.2 Å². The van der Waals surface area contributed by atoms with E-state index in [-0.39, 0.29) is 12.0 Å². The highest BCUT2D eigenvalue weighted by Gasteiger charge is 2.25. The molecule has 136 valence electrons. The second-order valence-corrected chi connectivity index (χ2v) is 8.40. The molecular formula is C17H24N4O3S. The van der Waals surface area contributed by atoms with E-state index in [1.54, 1.807) is 30.3 Å². The van der Waals surface area contributed by atoms with E-state index in [2.05, 4.69) is 19.8 Å². The van der Waals surface area contributed by atoms with Gasteiger partial charge < -0.3 is 4.52 Å². The smallest absolute Gasteiger partial charge is 0.240 e. The number of sulfonamides is 1. The minimum absolute atomic E-state index is 0.0436. The molecule has 0 aliphatic carbocycles. The lowest BCUT2D eigenvalue weighted by Crippen LogP contribution is -2.44. The van der Waals surface area contributed by atoms with Gasteiger partial charge in [-0.25, -0.2) is 13.1 Å². The summed E-state index contributed by atoms with van der Waals surface area (Å²) in [5, 5.41) is 4.01. The maximum absolute atomic E-state index is 12.4. The SMILES string of the molecule is CC(C)c1nc(CN2CCC(NS(=O)(=O)c3ccccc3)CC2)no1. The highest BCUT2D eigenvalue weighted by Crippen LogP contribution is 2.17. The van der Waals surface area contributed by atoms with E-state index < -0.39 is 10.0 Å². The van der Waals surface area contributed by atoms with Crippen molar-refractivity contribution < 1.29 is 12.9 Å². The topological polar surface area (TPSA) is 88.3 Å². The van der Waals surface area contributed by atoms with Gasteiger partial charge in [-0.1, -0.05) is 37.2 Å². The van der Waals surface area contributed by atoms with Crippen molar-refractivity contribution in [1.29, 1.82) is 0 Å². The second kappa shape index (κ2) is 7.63. The molecule has 1 N–H and O–H groups in total. The number of hydrogen-bond donors (Lipinski definition) is 1. The van der Waals surface area contributed by atoms with Crippen molar-refractivity contribution in [3.63, 3.8) is 0 Å². The zero-order chi connectivity index (χ0) is 17.9. The van der Waals surface area contributed by atoms with Crippen LogP contribution in [0.1, 0.15) is 44.3 Å². The fourth-order valence-corrected chi connectivity index (χ4v) is 4.19. The Morgan fingerprint density at radius 3 is 2.52 bits per heavy atom. The van der Waals surface area contributed by atoms with Gasteiger partial charge in [0, 0.05) is 25.0 Å². The summed E-state index contributed by atoms with van der Waals surface area (Å²) in [6.07, 6.45) is 1.53. The van der Waals surface area contributed by atoms with Crippen LogP contribution in [0.15, 0.2) is 39.8 Å². The Bertz CT molecular complexity index is 781. The van der Waals surface area contributed by atoms with Crippen molar-refractivity contribution in [2.45, 2.75) is 50.1 Å². The fraction of sp³-hybridized carbons (Fsp3) is 0.529. The maximum atomic E-state index is 12.4. The minimum atomic E-state index is -3.45. The normalized spacial score (nSPS) is 17.2. The van der Waals surface area contributed by atoms with Crippen LogP contribution in [-0.4, -0.2) is 42.6 Å². The number of nitrogens with zero attached hydrogens (tertiary/aromatic N) is 3. The first-order valence-corrected chi connectivity index (χ1v) is 10.0. The van der Waals surface area contributed by atoms with Crippen molar-refractivity contribution in [1.82, 2.24) is 19.8 Å². The molecule has 3 rings (SSSR count). The number of nitrogens with one attached hydrogen (secondary N) is 1. The summed E-state index contributed by atoms with van der Waals surface area (Å²) in [6.45, 7) is 6.26. The molecule has 8 heteroatoms. The van der Waals surface area contributed by atoms with Crippen molar-refractivity contribution in [2.24, 2.45) is 0 Å². The number of rotatable bonds is 6. The first-order valence-electron chi connectivity index (χ1n) is 8.56. The third-order valence-electron chi connectivity index (χ3n) is 4.31. The quantitative estimate of drug-likeness (QED) is 0.845. The average Bonchev–Trinajstić information content (AvgIpc) is 3.06. The Kier molecular flexibility index (Phi) is 5.51. The lowest BCUT2D eigenvalue weighted by Gasteiger charge is -2.31. The van der Waals surface area contributed by atoms with E-state index in [4.69, 9.17) is 4.52 Å². The fourth-order valence-electron chi connectivity index (χ4n) is 2.86. The molecule has 0 bridgehead atoms. The molecule has 1 aliphatic rings. The third kappa shape index (κ3) is 4.65. The molecule has 0 unspecified atom stereocenters. The Morgan fingerprint density at radius 2 is 1.92 bits per heavy atom. The van der Waals surface area contributed by atoms with Gasteiger partial charge in [0.2, 0.25) is 15.9 Å². The lowest BCUT2D eigenvalue weighted by atomic mass is 10.1. The van der Waals surface area contributed by atoms with Gasteiger partial charge in [-0.05, 0) is 25.0 Å².